The highest BCUT2D eigenvalue weighted by Gasteiger charge is 2.26. The van der Waals surface area contributed by atoms with Gasteiger partial charge >= 0.3 is 0 Å². The fraction of sp³-hybridized carbons (Fsp3) is 0.316. The molecule has 0 aromatic heterocycles. The zero-order valence-corrected chi connectivity index (χ0v) is 15.9. The number of carbonyl (C=O) groups excluding carboxylic acids is 1. The summed E-state index contributed by atoms with van der Waals surface area (Å²) >= 11 is 0. The number of para-hydroxylation sites is 2. The SMILES string of the molecule is CCc1cccc(C)c1N(CC(=O)N(C)c1ccccc1)S(C)(=O)=O. The number of likely N-dealkylation sites (N-methyl/N-ethyl adjacent to an activating group) is 1. The minimum Gasteiger partial charge on any atom is -0.314 e. The lowest BCUT2D eigenvalue weighted by atomic mass is 10.1. The van der Waals surface area contributed by atoms with Crippen LogP contribution in [0.2, 0.25) is 0 Å². The molecule has 0 fully saturated rings. The Kier molecular flexibility index (Phi) is 5.85. The third-order valence-corrected chi connectivity index (χ3v) is 5.26. The standard InChI is InChI=1S/C19H24N2O3S/c1-5-16-11-9-10-15(2)19(16)21(25(4,23)24)14-18(22)20(3)17-12-7-6-8-13-17/h6-13H,5,14H2,1-4H3. The second kappa shape index (κ2) is 7.70. The molecule has 0 aliphatic carbocycles. The summed E-state index contributed by atoms with van der Waals surface area (Å²) in [4.78, 5) is 14.2. The van der Waals surface area contributed by atoms with E-state index in [0.29, 0.717) is 12.1 Å². The van der Waals surface area contributed by atoms with Crippen molar-refractivity contribution in [1.29, 1.82) is 0 Å². The third kappa shape index (κ3) is 4.39. The molecular weight excluding hydrogens is 336 g/mol. The molecular formula is C19H24N2O3S. The number of rotatable bonds is 6. The van der Waals surface area contributed by atoms with Crippen LogP contribution in [0.25, 0.3) is 0 Å². The third-order valence-electron chi connectivity index (χ3n) is 4.15. The Bertz CT molecular complexity index is 848. The molecule has 5 nitrogen and oxygen atoms in total. The first kappa shape index (κ1) is 19.0. The molecule has 0 unspecified atom stereocenters. The molecule has 2 aromatic carbocycles. The van der Waals surface area contributed by atoms with Gasteiger partial charge in [-0.25, -0.2) is 8.42 Å². The van der Waals surface area contributed by atoms with Crippen LogP contribution in [0.15, 0.2) is 48.5 Å². The van der Waals surface area contributed by atoms with E-state index in [1.807, 2.05) is 62.4 Å². The van der Waals surface area contributed by atoms with Crippen LogP contribution in [-0.4, -0.2) is 34.2 Å². The van der Waals surface area contributed by atoms with E-state index in [0.717, 1.165) is 23.1 Å². The van der Waals surface area contributed by atoms with Crippen LogP contribution < -0.4 is 9.21 Å². The molecule has 25 heavy (non-hydrogen) atoms. The quantitative estimate of drug-likeness (QED) is 0.796. The first-order valence-electron chi connectivity index (χ1n) is 8.13. The van der Waals surface area contributed by atoms with Crippen LogP contribution in [0.3, 0.4) is 0 Å². The van der Waals surface area contributed by atoms with Gasteiger partial charge in [0.25, 0.3) is 0 Å². The average Bonchev–Trinajstić information content (AvgIpc) is 2.58. The lowest BCUT2D eigenvalue weighted by Crippen LogP contribution is -2.42. The molecule has 0 spiro atoms. The summed E-state index contributed by atoms with van der Waals surface area (Å²) in [5.41, 5.74) is 3.06. The highest BCUT2D eigenvalue weighted by atomic mass is 32.2. The number of hydrogen-bond donors (Lipinski definition) is 0. The largest absolute Gasteiger partial charge is 0.314 e. The molecule has 0 atom stereocenters. The van der Waals surface area contributed by atoms with Crippen molar-refractivity contribution in [3.63, 3.8) is 0 Å². The van der Waals surface area contributed by atoms with Crippen molar-refractivity contribution in [3.8, 4) is 0 Å². The van der Waals surface area contributed by atoms with Gasteiger partial charge in [-0.1, -0.05) is 43.3 Å². The Morgan fingerprint density at radius 3 is 2.24 bits per heavy atom. The minimum absolute atomic E-state index is 0.234. The molecule has 2 rings (SSSR count). The van der Waals surface area contributed by atoms with Gasteiger partial charge in [0.05, 0.1) is 11.9 Å². The number of benzene rings is 2. The van der Waals surface area contributed by atoms with E-state index in [-0.39, 0.29) is 12.5 Å². The monoisotopic (exact) mass is 360 g/mol. The number of sulfonamides is 1. The number of anilines is 2. The highest BCUT2D eigenvalue weighted by molar-refractivity contribution is 7.92. The second-order valence-electron chi connectivity index (χ2n) is 5.99. The summed E-state index contributed by atoms with van der Waals surface area (Å²) in [6.45, 7) is 3.59. The maximum Gasteiger partial charge on any atom is 0.247 e. The van der Waals surface area contributed by atoms with Crippen LogP contribution in [-0.2, 0) is 21.2 Å². The Hall–Kier alpha value is -2.34. The first-order chi connectivity index (χ1) is 11.8. The second-order valence-corrected chi connectivity index (χ2v) is 7.90. The van der Waals surface area contributed by atoms with Gasteiger partial charge in [-0.3, -0.25) is 9.10 Å². The zero-order valence-electron chi connectivity index (χ0n) is 15.1. The van der Waals surface area contributed by atoms with E-state index >= 15 is 0 Å². The van der Waals surface area contributed by atoms with Gasteiger partial charge in [0.15, 0.2) is 0 Å². The molecule has 0 saturated heterocycles. The molecule has 0 radical (unpaired) electrons. The fourth-order valence-electron chi connectivity index (χ4n) is 2.75. The van der Waals surface area contributed by atoms with Gasteiger partial charge in [0.1, 0.15) is 6.54 Å². The van der Waals surface area contributed by atoms with E-state index in [1.165, 1.54) is 9.21 Å². The van der Waals surface area contributed by atoms with Crippen molar-refractivity contribution in [1.82, 2.24) is 0 Å². The van der Waals surface area contributed by atoms with E-state index in [2.05, 4.69) is 0 Å². The van der Waals surface area contributed by atoms with Gasteiger partial charge < -0.3 is 4.90 Å². The van der Waals surface area contributed by atoms with E-state index < -0.39 is 10.0 Å². The van der Waals surface area contributed by atoms with Crippen LogP contribution in [0, 0.1) is 6.92 Å². The van der Waals surface area contributed by atoms with Crippen LogP contribution >= 0.6 is 0 Å². The summed E-state index contributed by atoms with van der Waals surface area (Å²) in [6, 6.07) is 14.8. The van der Waals surface area contributed by atoms with Crippen molar-refractivity contribution in [2.75, 3.05) is 29.1 Å². The molecule has 0 N–H and O–H groups in total. The minimum atomic E-state index is -3.60. The van der Waals surface area contributed by atoms with Gasteiger partial charge in [0, 0.05) is 12.7 Å². The van der Waals surface area contributed by atoms with Crippen molar-refractivity contribution >= 4 is 27.3 Å². The molecule has 1 amide bonds. The number of aryl methyl sites for hydroxylation is 2. The zero-order chi connectivity index (χ0) is 18.6. The highest BCUT2D eigenvalue weighted by Crippen LogP contribution is 2.28. The predicted octanol–water partition coefficient (Wildman–Crippen LogP) is 2.99. The topological polar surface area (TPSA) is 57.7 Å². The van der Waals surface area contributed by atoms with E-state index in [1.54, 1.807) is 7.05 Å². The van der Waals surface area contributed by atoms with Gasteiger partial charge in [0.2, 0.25) is 15.9 Å². The number of hydrogen-bond acceptors (Lipinski definition) is 3. The molecule has 0 aliphatic heterocycles. The Morgan fingerprint density at radius 1 is 1.04 bits per heavy atom. The van der Waals surface area contributed by atoms with Crippen molar-refractivity contribution < 1.29 is 13.2 Å². The summed E-state index contributed by atoms with van der Waals surface area (Å²) < 4.78 is 26.0. The summed E-state index contributed by atoms with van der Waals surface area (Å²) in [6.07, 6.45) is 1.82. The van der Waals surface area contributed by atoms with E-state index in [9.17, 15) is 13.2 Å². The molecule has 134 valence electrons. The molecule has 0 aliphatic rings. The predicted molar refractivity (Wildman–Crippen MR) is 103 cm³/mol. The smallest absolute Gasteiger partial charge is 0.247 e. The molecule has 0 saturated carbocycles. The van der Waals surface area contributed by atoms with Crippen LogP contribution in [0.1, 0.15) is 18.1 Å². The Morgan fingerprint density at radius 2 is 1.68 bits per heavy atom. The maximum absolute atomic E-state index is 12.7. The van der Waals surface area contributed by atoms with Crippen molar-refractivity contribution in [2.24, 2.45) is 0 Å². The van der Waals surface area contributed by atoms with Crippen LogP contribution in [0.5, 0.6) is 0 Å². The summed E-state index contributed by atoms with van der Waals surface area (Å²) in [5.74, 6) is -0.290. The summed E-state index contributed by atoms with van der Waals surface area (Å²) in [7, 11) is -1.95. The summed E-state index contributed by atoms with van der Waals surface area (Å²) in [5, 5.41) is 0. The maximum atomic E-state index is 12.7. The normalized spacial score (nSPS) is 11.2. The molecule has 2 aromatic rings. The number of amides is 1. The lowest BCUT2D eigenvalue weighted by Gasteiger charge is -2.28. The fourth-order valence-corrected chi connectivity index (χ4v) is 3.69. The Balaban J connectivity index is 2.40. The van der Waals surface area contributed by atoms with Gasteiger partial charge in [-0.05, 0) is 36.6 Å². The van der Waals surface area contributed by atoms with Crippen molar-refractivity contribution in [3.05, 3.63) is 59.7 Å². The average molecular weight is 360 g/mol. The number of nitrogens with zero attached hydrogens (tertiary/aromatic N) is 2. The Labute approximate surface area is 149 Å². The molecule has 0 bridgehead atoms. The van der Waals surface area contributed by atoms with Gasteiger partial charge in [-0.2, -0.15) is 0 Å². The van der Waals surface area contributed by atoms with Crippen molar-refractivity contribution in [2.45, 2.75) is 20.3 Å². The van der Waals surface area contributed by atoms with Crippen LogP contribution in [0.4, 0.5) is 11.4 Å². The van der Waals surface area contributed by atoms with Gasteiger partial charge in [-0.15, -0.1) is 0 Å². The first-order valence-corrected chi connectivity index (χ1v) is 9.98. The van der Waals surface area contributed by atoms with E-state index in [4.69, 9.17) is 0 Å². The number of carbonyl (C=O) groups is 1. The molecule has 0 heterocycles. The molecule has 6 heteroatoms. The lowest BCUT2D eigenvalue weighted by molar-refractivity contribution is -0.116.